The summed E-state index contributed by atoms with van der Waals surface area (Å²) < 4.78 is 15.3. The van der Waals surface area contributed by atoms with Gasteiger partial charge in [-0.15, -0.1) is 0 Å². The van der Waals surface area contributed by atoms with Crippen molar-refractivity contribution >= 4 is 39.9 Å². The van der Waals surface area contributed by atoms with Crippen LogP contribution < -0.4 is 10.0 Å². The van der Waals surface area contributed by atoms with Gasteiger partial charge < -0.3 is 5.32 Å². The molecular weight excluding hydrogens is 368 g/mol. The summed E-state index contributed by atoms with van der Waals surface area (Å²) in [5.41, 5.74) is 2.77. The van der Waals surface area contributed by atoms with Crippen LogP contribution in [0.4, 0.5) is 11.4 Å². The maximum Gasteiger partial charge on any atom is 0.255 e. The molecule has 0 aliphatic carbocycles. The SMILES string of the molecule is Cc1ccccc1C(=O)Nc1ccc(S(=O)Nc2ccccc2Cl)cc1. The number of amides is 1. The Morgan fingerprint density at radius 2 is 1.58 bits per heavy atom. The van der Waals surface area contributed by atoms with Gasteiger partial charge in [0.05, 0.1) is 15.6 Å². The van der Waals surface area contributed by atoms with Crippen molar-refractivity contribution in [3.8, 4) is 0 Å². The van der Waals surface area contributed by atoms with Crippen LogP contribution in [0, 0.1) is 6.92 Å². The van der Waals surface area contributed by atoms with Gasteiger partial charge in [0, 0.05) is 11.3 Å². The summed E-state index contributed by atoms with van der Waals surface area (Å²) in [6.07, 6.45) is 0. The number of nitrogens with one attached hydrogen (secondary N) is 2. The van der Waals surface area contributed by atoms with Crippen LogP contribution in [0.3, 0.4) is 0 Å². The molecule has 3 aromatic rings. The molecule has 0 aromatic heterocycles. The number of carbonyl (C=O) groups excluding carboxylic acids is 1. The summed E-state index contributed by atoms with van der Waals surface area (Å²) in [7, 11) is -1.45. The minimum Gasteiger partial charge on any atom is -0.322 e. The van der Waals surface area contributed by atoms with E-state index in [1.54, 1.807) is 42.5 Å². The summed E-state index contributed by atoms with van der Waals surface area (Å²) in [5.74, 6) is -0.175. The molecule has 0 heterocycles. The topological polar surface area (TPSA) is 58.2 Å². The highest BCUT2D eigenvalue weighted by Gasteiger charge is 2.10. The molecule has 0 spiro atoms. The third kappa shape index (κ3) is 4.31. The fraction of sp³-hybridized carbons (Fsp3) is 0.0500. The maximum absolute atomic E-state index is 12.4. The minimum absolute atomic E-state index is 0.175. The lowest BCUT2D eigenvalue weighted by Gasteiger charge is -2.10. The van der Waals surface area contributed by atoms with Gasteiger partial charge in [-0.1, -0.05) is 41.9 Å². The summed E-state index contributed by atoms with van der Waals surface area (Å²) in [4.78, 5) is 12.9. The van der Waals surface area contributed by atoms with Gasteiger partial charge in [0.25, 0.3) is 5.91 Å². The van der Waals surface area contributed by atoms with Gasteiger partial charge in [0.1, 0.15) is 11.0 Å². The van der Waals surface area contributed by atoms with Crippen LogP contribution in [-0.2, 0) is 11.0 Å². The first-order valence-corrected chi connectivity index (χ1v) is 9.47. The highest BCUT2D eigenvalue weighted by Crippen LogP contribution is 2.23. The highest BCUT2D eigenvalue weighted by molar-refractivity contribution is 7.86. The first-order valence-electron chi connectivity index (χ1n) is 7.94. The number of aryl methyl sites for hydroxylation is 1. The Labute approximate surface area is 159 Å². The lowest BCUT2D eigenvalue weighted by Crippen LogP contribution is -2.13. The molecule has 1 amide bonds. The number of hydrogen-bond donors (Lipinski definition) is 2. The van der Waals surface area contributed by atoms with Gasteiger partial charge in [0.15, 0.2) is 0 Å². The highest BCUT2D eigenvalue weighted by atomic mass is 35.5. The second-order valence-electron chi connectivity index (χ2n) is 5.64. The molecule has 132 valence electrons. The quantitative estimate of drug-likeness (QED) is 0.647. The molecule has 4 nitrogen and oxygen atoms in total. The van der Waals surface area contributed by atoms with Crippen LogP contribution in [0.1, 0.15) is 15.9 Å². The Hall–Kier alpha value is -2.63. The summed E-state index contributed by atoms with van der Waals surface area (Å²) in [6, 6.07) is 21.3. The number of carbonyl (C=O) groups is 1. The van der Waals surface area contributed by atoms with Crippen molar-refractivity contribution in [2.75, 3.05) is 10.0 Å². The van der Waals surface area contributed by atoms with Crippen LogP contribution in [0.2, 0.25) is 5.02 Å². The van der Waals surface area contributed by atoms with E-state index in [4.69, 9.17) is 11.6 Å². The fourth-order valence-electron chi connectivity index (χ4n) is 2.39. The minimum atomic E-state index is -1.45. The van der Waals surface area contributed by atoms with Crippen molar-refractivity contribution < 1.29 is 9.00 Å². The number of benzene rings is 3. The van der Waals surface area contributed by atoms with Crippen LogP contribution in [0.25, 0.3) is 0 Å². The Morgan fingerprint density at radius 1 is 0.923 bits per heavy atom. The average Bonchev–Trinajstić information content (AvgIpc) is 2.64. The molecule has 0 saturated carbocycles. The molecule has 1 atom stereocenters. The predicted octanol–water partition coefficient (Wildman–Crippen LogP) is 5.04. The smallest absolute Gasteiger partial charge is 0.255 e. The van der Waals surface area contributed by atoms with E-state index in [1.807, 2.05) is 37.3 Å². The van der Waals surface area contributed by atoms with E-state index in [2.05, 4.69) is 10.0 Å². The van der Waals surface area contributed by atoms with Gasteiger partial charge in [-0.3, -0.25) is 9.52 Å². The van der Waals surface area contributed by atoms with Crippen molar-refractivity contribution in [2.24, 2.45) is 0 Å². The lowest BCUT2D eigenvalue weighted by molar-refractivity contribution is 0.102. The van der Waals surface area contributed by atoms with Crippen molar-refractivity contribution in [1.29, 1.82) is 0 Å². The van der Waals surface area contributed by atoms with E-state index in [9.17, 15) is 9.00 Å². The lowest BCUT2D eigenvalue weighted by atomic mass is 10.1. The molecule has 3 rings (SSSR count). The van der Waals surface area contributed by atoms with Gasteiger partial charge >= 0.3 is 0 Å². The second kappa shape index (κ2) is 8.17. The monoisotopic (exact) mass is 384 g/mol. The van der Waals surface area contributed by atoms with E-state index < -0.39 is 11.0 Å². The molecule has 0 radical (unpaired) electrons. The van der Waals surface area contributed by atoms with Crippen LogP contribution in [-0.4, -0.2) is 10.1 Å². The Kier molecular flexibility index (Phi) is 5.71. The molecule has 0 aliphatic rings. The third-order valence-electron chi connectivity index (χ3n) is 3.79. The fourth-order valence-corrected chi connectivity index (χ4v) is 3.51. The van der Waals surface area contributed by atoms with Crippen molar-refractivity contribution in [3.63, 3.8) is 0 Å². The number of rotatable bonds is 5. The number of para-hydroxylation sites is 1. The first-order chi connectivity index (χ1) is 12.5. The van der Waals surface area contributed by atoms with E-state index in [1.165, 1.54) is 0 Å². The Balaban J connectivity index is 1.68. The largest absolute Gasteiger partial charge is 0.322 e. The zero-order valence-corrected chi connectivity index (χ0v) is 15.6. The zero-order valence-electron chi connectivity index (χ0n) is 14.0. The van der Waals surface area contributed by atoms with Crippen LogP contribution in [0.15, 0.2) is 77.7 Å². The van der Waals surface area contributed by atoms with Gasteiger partial charge in [0.2, 0.25) is 0 Å². The number of anilines is 2. The Bertz CT molecular complexity index is 958. The predicted molar refractivity (Wildman–Crippen MR) is 107 cm³/mol. The third-order valence-corrected chi connectivity index (χ3v) is 5.23. The zero-order chi connectivity index (χ0) is 18.5. The molecule has 26 heavy (non-hydrogen) atoms. The van der Waals surface area contributed by atoms with Crippen molar-refractivity contribution in [2.45, 2.75) is 11.8 Å². The van der Waals surface area contributed by atoms with Crippen LogP contribution in [0.5, 0.6) is 0 Å². The van der Waals surface area contributed by atoms with Crippen LogP contribution >= 0.6 is 11.6 Å². The molecule has 0 bridgehead atoms. The Morgan fingerprint density at radius 3 is 2.27 bits per heavy atom. The number of hydrogen-bond acceptors (Lipinski definition) is 2. The first kappa shape index (κ1) is 18.2. The van der Waals surface area contributed by atoms with Crippen molar-refractivity contribution in [3.05, 3.63) is 88.9 Å². The average molecular weight is 385 g/mol. The van der Waals surface area contributed by atoms with E-state index in [-0.39, 0.29) is 5.91 Å². The summed E-state index contributed by atoms with van der Waals surface area (Å²) in [6.45, 7) is 1.89. The summed E-state index contributed by atoms with van der Waals surface area (Å²) in [5, 5.41) is 3.35. The normalized spacial score (nSPS) is 11.6. The molecule has 0 aliphatic heterocycles. The summed E-state index contributed by atoms with van der Waals surface area (Å²) >= 11 is 6.06. The van der Waals surface area contributed by atoms with Gasteiger partial charge in [-0.05, 0) is 55.0 Å². The van der Waals surface area contributed by atoms with Gasteiger partial charge in [-0.25, -0.2) is 4.21 Å². The van der Waals surface area contributed by atoms with E-state index >= 15 is 0 Å². The maximum atomic E-state index is 12.4. The van der Waals surface area contributed by atoms with E-state index in [0.29, 0.717) is 26.9 Å². The second-order valence-corrected chi connectivity index (χ2v) is 7.26. The van der Waals surface area contributed by atoms with Gasteiger partial charge in [-0.2, -0.15) is 0 Å². The molecular formula is C20H17ClN2O2S. The molecule has 0 saturated heterocycles. The molecule has 1 unspecified atom stereocenters. The standard InChI is InChI=1S/C20H17ClN2O2S/c1-14-6-2-3-7-17(14)20(24)22-15-10-12-16(13-11-15)26(25)23-19-9-5-4-8-18(19)21/h2-13,23H,1H3,(H,22,24). The van der Waals surface area contributed by atoms with Crippen molar-refractivity contribution in [1.82, 2.24) is 0 Å². The molecule has 3 aromatic carbocycles. The van der Waals surface area contributed by atoms with E-state index in [0.717, 1.165) is 5.56 Å². The molecule has 2 N–H and O–H groups in total. The molecule has 6 heteroatoms. The molecule has 0 fully saturated rings. The number of halogens is 1.